The molecule has 2 aliphatic rings. The summed E-state index contributed by atoms with van der Waals surface area (Å²) in [5, 5.41) is 78.7. The van der Waals surface area contributed by atoms with E-state index in [4.69, 9.17) is 18.5 Å². The number of phosphoric ester groups is 1. The SMILES string of the molecule is CCCCC/C=C\C/C=C\CCCCCCCCCCCC(=O)O[C@@H]1COC(=O)CCCCCC[C@@H]2[C@@H](O)[C@H](O)[C@@H](O)[C@H](OP(=O)(O)OC1)[C@H](O)[C@H](O)[C@@H](/C=C/[C@@H](O)CCCCC)C(=O)C[C@@H]2O. The van der Waals surface area contributed by atoms with Gasteiger partial charge in [0.1, 0.15) is 36.8 Å². The number of phosphoric acid groups is 1. The molecule has 2 fully saturated rings. The molecule has 0 spiro atoms. The normalized spacial score (nSPS) is 30.6. The van der Waals surface area contributed by atoms with Crippen LogP contribution >= 0.6 is 7.82 Å². The highest BCUT2D eigenvalue weighted by Gasteiger charge is 2.49. The van der Waals surface area contributed by atoms with Crippen molar-refractivity contribution in [1.29, 1.82) is 0 Å². The first-order valence-corrected chi connectivity index (χ1v) is 27.4. The lowest BCUT2D eigenvalue weighted by Crippen LogP contribution is -2.55. The van der Waals surface area contributed by atoms with E-state index in [9.17, 15) is 59.6 Å². The van der Waals surface area contributed by atoms with Crippen LogP contribution in [0.5, 0.6) is 0 Å². The molecule has 1 aliphatic carbocycles. The number of allylic oxidation sites excluding steroid dienone is 4. The first kappa shape index (κ1) is 61.8. The fourth-order valence-corrected chi connectivity index (χ4v) is 9.57. The molecule has 1 saturated heterocycles. The zero-order valence-electron chi connectivity index (χ0n) is 41.1. The highest BCUT2D eigenvalue weighted by molar-refractivity contribution is 7.47. The van der Waals surface area contributed by atoms with Crippen LogP contribution < -0.4 is 0 Å². The first-order chi connectivity index (χ1) is 32.6. The molecule has 1 heterocycles. The second-order valence-electron chi connectivity index (χ2n) is 18.8. The molecule has 2 rings (SSSR count). The average molecular weight is 989 g/mol. The van der Waals surface area contributed by atoms with Crippen LogP contribution in [0.15, 0.2) is 36.5 Å². The number of carbonyl (C=O) groups excluding carboxylic acids is 3. The number of Topliss-reactive ketones (excluding diaryl/α,β-unsaturated/α-hetero) is 1. The standard InChI is InChI=1S/C51H89O16P/c1-3-5-7-8-9-10-11-12-13-14-15-16-17-18-19-20-21-22-28-32-45(56)66-39-36-64-44(55)31-27-24-23-26-30-40-42(53)35-43(54)41(34-33-38(52)29-25-6-4-2)47(58)49(60)51(50(61)48(59)46(40)57)67-68(62,63)65-37-39/h9-10,12-13,33-34,38-42,46-53,57-61H,3-8,11,14-32,35-37H2,1-2H3,(H,62,63)/b10-9-,13-12-,34-33+/t38-,39+,40-,41-,42-,46+,47+,48-,49+,50+,51+/m0/s1. The van der Waals surface area contributed by atoms with Crippen molar-refractivity contribution < 1.29 is 78.1 Å². The number of aliphatic hydroxyl groups is 7. The topological polar surface area (TPSA) is 267 Å². The Labute approximate surface area is 406 Å². The van der Waals surface area contributed by atoms with Gasteiger partial charge >= 0.3 is 19.8 Å². The van der Waals surface area contributed by atoms with Gasteiger partial charge in [0.15, 0.2) is 6.10 Å². The zero-order chi connectivity index (χ0) is 50.2. The molecule has 1 unspecified atom stereocenters. The van der Waals surface area contributed by atoms with E-state index in [1.54, 1.807) is 0 Å². The van der Waals surface area contributed by atoms with Crippen LogP contribution in [-0.2, 0) is 37.5 Å². The van der Waals surface area contributed by atoms with Gasteiger partial charge in [-0.15, -0.1) is 0 Å². The molecule has 0 aromatic carbocycles. The van der Waals surface area contributed by atoms with Gasteiger partial charge in [-0.25, -0.2) is 4.57 Å². The first-order valence-electron chi connectivity index (χ1n) is 25.9. The summed E-state index contributed by atoms with van der Waals surface area (Å²) in [4.78, 5) is 50.3. The van der Waals surface area contributed by atoms with Gasteiger partial charge in [0.2, 0.25) is 0 Å². The van der Waals surface area contributed by atoms with Gasteiger partial charge in [0.25, 0.3) is 0 Å². The van der Waals surface area contributed by atoms with Crippen LogP contribution in [-0.4, -0.2) is 127 Å². The van der Waals surface area contributed by atoms with Gasteiger partial charge in [-0.05, 0) is 57.8 Å². The number of rotatable bonds is 25. The van der Waals surface area contributed by atoms with E-state index in [2.05, 4.69) is 31.2 Å². The number of cyclic esters (lactones) is 1. The van der Waals surface area contributed by atoms with E-state index in [1.807, 2.05) is 6.92 Å². The number of hydrogen-bond acceptors (Lipinski definition) is 15. The third-order valence-electron chi connectivity index (χ3n) is 12.9. The van der Waals surface area contributed by atoms with E-state index in [0.717, 1.165) is 70.3 Å². The fraction of sp³-hybridized carbons (Fsp3) is 0.824. The van der Waals surface area contributed by atoms with Gasteiger partial charge in [-0.2, -0.15) is 0 Å². The van der Waals surface area contributed by atoms with E-state index in [1.165, 1.54) is 44.6 Å². The number of carbonyl (C=O) groups is 3. The smallest absolute Gasteiger partial charge is 0.462 e. The highest BCUT2D eigenvalue weighted by atomic mass is 31.2. The Bertz CT molecular complexity index is 1510. The highest BCUT2D eigenvalue weighted by Crippen LogP contribution is 2.47. The maximum Gasteiger partial charge on any atom is 0.472 e. The summed E-state index contributed by atoms with van der Waals surface area (Å²) >= 11 is 0. The lowest BCUT2D eigenvalue weighted by Gasteiger charge is -2.37. The molecule has 17 heteroatoms. The van der Waals surface area contributed by atoms with Crippen LogP contribution in [0.2, 0.25) is 0 Å². The van der Waals surface area contributed by atoms with Crippen molar-refractivity contribution in [3.05, 3.63) is 36.5 Å². The zero-order valence-corrected chi connectivity index (χ0v) is 42.0. The van der Waals surface area contributed by atoms with Crippen molar-refractivity contribution in [2.45, 2.75) is 242 Å². The molecular weight excluding hydrogens is 900 g/mol. The van der Waals surface area contributed by atoms with Crippen molar-refractivity contribution in [2.24, 2.45) is 11.8 Å². The molecule has 12 atom stereocenters. The monoisotopic (exact) mass is 989 g/mol. The second-order valence-corrected chi connectivity index (χ2v) is 20.2. The molecule has 0 aromatic rings. The van der Waals surface area contributed by atoms with Crippen LogP contribution in [0, 0.1) is 11.8 Å². The van der Waals surface area contributed by atoms with E-state index in [0.29, 0.717) is 44.9 Å². The molecule has 1 aliphatic heterocycles. The average Bonchev–Trinajstić information content (AvgIpc) is 3.31. The maximum atomic E-state index is 13.7. The van der Waals surface area contributed by atoms with Gasteiger partial charge in [-0.1, -0.05) is 147 Å². The largest absolute Gasteiger partial charge is 0.472 e. The number of ketones is 1. The summed E-state index contributed by atoms with van der Waals surface area (Å²) in [6, 6.07) is 0. The lowest BCUT2D eigenvalue weighted by atomic mass is 9.82. The number of fused-ring (bicyclic) bond motifs is 4. The third kappa shape index (κ3) is 26.2. The molecule has 0 aromatic heterocycles. The third-order valence-corrected chi connectivity index (χ3v) is 13.8. The minimum absolute atomic E-state index is 0.00394. The fourth-order valence-electron chi connectivity index (χ4n) is 8.60. The summed E-state index contributed by atoms with van der Waals surface area (Å²) in [6.45, 7) is 2.81. The van der Waals surface area contributed by atoms with Crippen LogP contribution in [0.1, 0.15) is 187 Å². The lowest BCUT2D eigenvalue weighted by molar-refractivity contribution is -0.167. The Morgan fingerprint density at radius 3 is 1.97 bits per heavy atom. The molecule has 16 nitrogen and oxygen atoms in total. The quantitative estimate of drug-likeness (QED) is 0.0190. The summed E-state index contributed by atoms with van der Waals surface area (Å²) in [5.74, 6) is -4.99. The number of hydrogen-bond donors (Lipinski definition) is 8. The molecule has 2 bridgehead atoms. The molecule has 0 radical (unpaired) electrons. The van der Waals surface area contributed by atoms with E-state index >= 15 is 0 Å². The molecular formula is C51H89O16P. The molecule has 1 saturated carbocycles. The van der Waals surface area contributed by atoms with Crippen molar-refractivity contribution in [3.8, 4) is 0 Å². The van der Waals surface area contributed by atoms with Gasteiger partial charge in [0.05, 0.1) is 36.9 Å². The summed E-state index contributed by atoms with van der Waals surface area (Å²) < 4.78 is 34.8. The van der Waals surface area contributed by atoms with E-state index < -0.39 is 112 Å². The molecule has 68 heavy (non-hydrogen) atoms. The predicted molar refractivity (Wildman–Crippen MR) is 259 cm³/mol. The van der Waals surface area contributed by atoms with Crippen molar-refractivity contribution >= 4 is 25.5 Å². The Kier molecular flexibility index (Phi) is 33.2. The van der Waals surface area contributed by atoms with Gasteiger partial charge in [0, 0.05) is 25.2 Å². The van der Waals surface area contributed by atoms with Crippen LogP contribution in [0.4, 0.5) is 0 Å². The second kappa shape index (κ2) is 36.6. The van der Waals surface area contributed by atoms with Crippen molar-refractivity contribution in [2.75, 3.05) is 13.2 Å². The van der Waals surface area contributed by atoms with Crippen molar-refractivity contribution in [3.63, 3.8) is 0 Å². The maximum absolute atomic E-state index is 13.7. The van der Waals surface area contributed by atoms with Crippen LogP contribution in [0.25, 0.3) is 0 Å². The molecule has 8 N–H and O–H groups in total. The Hall–Kier alpha value is -2.34. The molecule has 394 valence electrons. The molecule has 0 amide bonds. The summed E-state index contributed by atoms with van der Waals surface area (Å²) in [6.07, 6.45) is 13.8. The number of unbranched alkanes of at least 4 members (excludes halogenated alkanes) is 14. The number of aliphatic hydroxyl groups excluding tert-OH is 7. The van der Waals surface area contributed by atoms with Gasteiger partial charge in [-0.3, -0.25) is 23.4 Å². The Morgan fingerprint density at radius 1 is 0.721 bits per heavy atom. The number of ether oxygens (including phenoxy) is 2. The van der Waals surface area contributed by atoms with Crippen molar-refractivity contribution in [1.82, 2.24) is 0 Å². The minimum Gasteiger partial charge on any atom is -0.462 e. The van der Waals surface area contributed by atoms with E-state index in [-0.39, 0.29) is 19.3 Å². The van der Waals surface area contributed by atoms with Gasteiger partial charge < -0.3 is 50.1 Å². The van der Waals surface area contributed by atoms with Crippen LogP contribution in [0.3, 0.4) is 0 Å². The predicted octanol–water partition coefficient (Wildman–Crippen LogP) is 7.54. The summed E-state index contributed by atoms with van der Waals surface area (Å²) in [5.41, 5.74) is 0. The minimum atomic E-state index is -5.46. The Morgan fingerprint density at radius 2 is 1.31 bits per heavy atom. The Balaban J connectivity index is 2.08. The summed E-state index contributed by atoms with van der Waals surface area (Å²) in [7, 11) is -5.46. The number of esters is 2.